The highest BCUT2D eigenvalue weighted by Crippen LogP contribution is 2.35. The summed E-state index contributed by atoms with van der Waals surface area (Å²) in [4.78, 5) is 12.8. The van der Waals surface area contributed by atoms with E-state index in [1.54, 1.807) is 15.3 Å². The first kappa shape index (κ1) is 15.7. The Hall–Kier alpha value is -3.54. The van der Waals surface area contributed by atoms with Gasteiger partial charge in [-0.05, 0) is 36.2 Å². The second-order valence-electron chi connectivity index (χ2n) is 6.46. The smallest absolute Gasteiger partial charge is 0.276 e. The number of aryl methyl sites for hydroxylation is 2. The van der Waals surface area contributed by atoms with Gasteiger partial charge in [0.2, 0.25) is 6.79 Å². The molecule has 27 heavy (non-hydrogen) atoms. The van der Waals surface area contributed by atoms with Crippen LogP contribution in [0.25, 0.3) is 16.8 Å². The average molecular weight is 359 g/mol. The fourth-order valence-corrected chi connectivity index (χ4v) is 3.29. The highest BCUT2D eigenvalue weighted by Gasteiger charge is 2.16. The minimum Gasteiger partial charge on any atom is -0.454 e. The van der Waals surface area contributed by atoms with Crippen LogP contribution in [0.2, 0.25) is 0 Å². The number of ether oxygens (including phenoxy) is 2. The molecule has 1 aliphatic rings. The molecule has 0 N–H and O–H groups in total. The number of benzene rings is 2. The van der Waals surface area contributed by atoms with Gasteiger partial charge >= 0.3 is 0 Å². The van der Waals surface area contributed by atoms with Gasteiger partial charge in [-0.25, -0.2) is 4.52 Å². The Labute approximate surface area is 155 Å². The van der Waals surface area contributed by atoms with Crippen LogP contribution in [-0.4, -0.2) is 21.0 Å². The normalized spacial score (nSPS) is 12.6. The number of hydrogen-bond acceptors (Lipinski definition) is 4. The van der Waals surface area contributed by atoms with Crippen molar-refractivity contribution < 1.29 is 9.47 Å². The Kier molecular flexibility index (Phi) is 3.67. The molecule has 0 atom stereocenters. The van der Waals surface area contributed by atoms with Crippen molar-refractivity contribution in [1.29, 1.82) is 0 Å². The van der Waals surface area contributed by atoms with Crippen LogP contribution in [0.15, 0.2) is 71.8 Å². The number of rotatable bonds is 4. The summed E-state index contributed by atoms with van der Waals surface area (Å²) in [6.45, 7) is 0.861. The Bertz CT molecular complexity index is 1180. The topological polar surface area (TPSA) is 57.8 Å². The summed E-state index contributed by atoms with van der Waals surface area (Å²) in [5.74, 6) is 1.43. The minimum absolute atomic E-state index is 0.0482. The number of hydrogen-bond donors (Lipinski definition) is 0. The summed E-state index contributed by atoms with van der Waals surface area (Å²) < 4.78 is 14.1. The van der Waals surface area contributed by atoms with Gasteiger partial charge in [-0.3, -0.25) is 4.79 Å². The van der Waals surface area contributed by atoms with Crippen LogP contribution >= 0.6 is 0 Å². The standard InChI is InChI=1S/C21H17N3O3/c25-21-18-13-17(16-6-7-19-20(12-16)27-14-26-19)22-24(18)11-10-23(21)9-8-15-4-2-1-3-5-15/h1-7,10-13H,8-9,14H2. The van der Waals surface area contributed by atoms with Crippen molar-refractivity contribution in [2.75, 3.05) is 6.79 Å². The number of aromatic nitrogens is 3. The molecule has 0 unspecified atom stereocenters. The molecule has 0 amide bonds. The first-order valence-corrected chi connectivity index (χ1v) is 8.81. The average Bonchev–Trinajstić information content (AvgIpc) is 3.35. The largest absolute Gasteiger partial charge is 0.454 e. The molecule has 2 aromatic carbocycles. The van der Waals surface area contributed by atoms with Crippen molar-refractivity contribution in [1.82, 2.24) is 14.2 Å². The molecule has 2 aromatic heterocycles. The lowest BCUT2D eigenvalue weighted by Gasteiger charge is -2.06. The van der Waals surface area contributed by atoms with Gasteiger partial charge < -0.3 is 14.0 Å². The summed E-state index contributed by atoms with van der Waals surface area (Å²) in [5, 5.41) is 4.54. The lowest BCUT2D eigenvalue weighted by Crippen LogP contribution is -2.22. The van der Waals surface area contributed by atoms with Gasteiger partial charge in [0, 0.05) is 24.5 Å². The van der Waals surface area contributed by atoms with Crippen molar-refractivity contribution in [3.8, 4) is 22.8 Å². The molecule has 0 radical (unpaired) electrons. The molecule has 4 aromatic rings. The van der Waals surface area contributed by atoms with Gasteiger partial charge in [-0.15, -0.1) is 0 Å². The Morgan fingerprint density at radius 1 is 0.963 bits per heavy atom. The van der Waals surface area contributed by atoms with E-state index in [4.69, 9.17) is 9.47 Å². The molecule has 134 valence electrons. The van der Waals surface area contributed by atoms with Crippen molar-refractivity contribution in [3.05, 3.63) is 82.9 Å². The summed E-state index contributed by atoms with van der Waals surface area (Å²) in [6.07, 6.45) is 4.41. The van der Waals surface area contributed by atoms with Crippen LogP contribution in [0, 0.1) is 0 Å². The maximum Gasteiger partial charge on any atom is 0.276 e. The van der Waals surface area contributed by atoms with Crippen LogP contribution in [0.3, 0.4) is 0 Å². The highest BCUT2D eigenvalue weighted by atomic mass is 16.7. The summed E-state index contributed by atoms with van der Waals surface area (Å²) >= 11 is 0. The molecular formula is C21H17N3O3. The van der Waals surface area contributed by atoms with Crippen LogP contribution in [-0.2, 0) is 13.0 Å². The van der Waals surface area contributed by atoms with Gasteiger partial charge in [0.05, 0.1) is 5.69 Å². The second-order valence-corrected chi connectivity index (χ2v) is 6.46. The fraction of sp³-hybridized carbons (Fsp3) is 0.143. The molecule has 5 rings (SSSR count). The lowest BCUT2D eigenvalue weighted by atomic mass is 10.1. The maximum atomic E-state index is 12.8. The summed E-state index contributed by atoms with van der Waals surface area (Å²) in [6, 6.07) is 17.6. The van der Waals surface area contributed by atoms with E-state index in [1.165, 1.54) is 5.56 Å². The number of fused-ring (bicyclic) bond motifs is 2. The molecule has 6 heteroatoms. The molecule has 3 heterocycles. The van der Waals surface area contributed by atoms with Crippen molar-refractivity contribution in [2.45, 2.75) is 13.0 Å². The van der Waals surface area contributed by atoms with Crippen LogP contribution in [0.5, 0.6) is 11.5 Å². The van der Waals surface area contributed by atoms with E-state index in [9.17, 15) is 4.79 Å². The van der Waals surface area contributed by atoms with Gasteiger partial charge in [0.1, 0.15) is 5.52 Å². The van der Waals surface area contributed by atoms with E-state index < -0.39 is 0 Å². The Balaban J connectivity index is 1.47. The third-order valence-corrected chi connectivity index (χ3v) is 4.76. The molecular weight excluding hydrogens is 342 g/mol. The Morgan fingerprint density at radius 2 is 1.81 bits per heavy atom. The molecule has 1 aliphatic heterocycles. The van der Waals surface area contributed by atoms with Crippen LogP contribution in [0.4, 0.5) is 0 Å². The zero-order chi connectivity index (χ0) is 18.2. The molecule has 0 saturated carbocycles. The molecule has 0 aliphatic carbocycles. The summed E-state index contributed by atoms with van der Waals surface area (Å²) in [7, 11) is 0. The summed E-state index contributed by atoms with van der Waals surface area (Å²) in [5.41, 5.74) is 3.33. The monoisotopic (exact) mass is 359 g/mol. The zero-order valence-corrected chi connectivity index (χ0v) is 14.5. The van der Waals surface area contributed by atoms with E-state index in [1.807, 2.05) is 48.7 Å². The highest BCUT2D eigenvalue weighted by molar-refractivity contribution is 5.68. The predicted octanol–water partition coefficient (Wildman–Crippen LogP) is 3.13. The first-order chi connectivity index (χ1) is 13.3. The van der Waals surface area contributed by atoms with Crippen LogP contribution in [0.1, 0.15) is 5.56 Å². The fourth-order valence-electron chi connectivity index (χ4n) is 3.29. The zero-order valence-electron chi connectivity index (χ0n) is 14.5. The van der Waals surface area contributed by atoms with E-state index in [2.05, 4.69) is 17.2 Å². The number of nitrogens with zero attached hydrogens (tertiary/aromatic N) is 3. The van der Waals surface area contributed by atoms with Crippen molar-refractivity contribution in [2.24, 2.45) is 0 Å². The lowest BCUT2D eigenvalue weighted by molar-refractivity contribution is 0.174. The third kappa shape index (κ3) is 2.85. The van der Waals surface area contributed by atoms with Gasteiger partial charge in [-0.1, -0.05) is 30.3 Å². The molecule has 0 saturated heterocycles. The molecule has 0 bridgehead atoms. The first-order valence-electron chi connectivity index (χ1n) is 8.81. The SMILES string of the molecule is O=c1c2cc(-c3ccc4c(c3)OCO4)nn2ccn1CCc1ccccc1. The van der Waals surface area contributed by atoms with Gasteiger partial charge in [0.15, 0.2) is 11.5 Å². The quantitative estimate of drug-likeness (QED) is 0.562. The van der Waals surface area contributed by atoms with E-state index in [0.29, 0.717) is 17.8 Å². The third-order valence-electron chi connectivity index (χ3n) is 4.76. The molecule has 0 fully saturated rings. The van der Waals surface area contributed by atoms with Gasteiger partial charge in [-0.2, -0.15) is 5.10 Å². The van der Waals surface area contributed by atoms with Crippen molar-refractivity contribution in [3.63, 3.8) is 0 Å². The maximum absolute atomic E-state index is 12.8. The Morgan fingerprint density at radius 3 is 2.70 bits per heavy atom. The van der Waals surface area contributed by atoms with E-state index in [0.717, 1.165) is 23.4 Å². The van der Waals surface area contributed by atoms with Crippen LogP contribution < -0.4 is 15.0 Å². The predicted molar refractivity (Wildman–Crippen MR) is 101 cm³/mol. The second kappa shape index (κ2) is 6.32. The van der Waals surface area contributed by atoms with Crippen molar-refractivity contribution >= 4 is 5.52 Å². The van der Waals surface area contributed by atoms with Gasteiger partial charge in [0.25, 0.3) is 5.56 Å². The minimum atomic E-state index is -0.0482. The molecule has 6 nitrogen and oxygen atoms in total. The van der Waals surface area contributed by atoms with E-state index >= 15 is 0 Å². The molecule has 0 spiro atoms. The van der Waals surface area contributed by atoms with E-state index in [-0.39, 0.29) is 12.4 Å².